The highest BCUT2D eigenvalue weighted by Gasteiger charge is 2.12. The second-order valence-electron chi connectivity index (χ2n) is 4.37. The molecule has 2 aromatic heterocycles. The molecular weight excluding hydrogens is 263 g/mol. The molecule has 0 amide bonds. The van der Waals surface area contributed by atoms with E-state index in [4.69, 9.17) is 0 Å². The molecule has 2 heterocycles. The standard InChI is InChI=1S/C13H17FN4S/c1-4-5-15-13-12(14)9(3)17-10(18-13)6-11-16-8(2)7-19-11/h7H,4-6H2,1-3H3,(H,15,17,18). The summed E-state index contributed by atoms with van der Waals surface area (Å²) >= 11 is 1.57. The number of hydrogen-bond acceptors (Lipinski definition) is 5. The van der Waals surface area contributed by atoms with Crippen LogP contribution < -0.4 is 5.32 Å². The summed E-state index contributed by atoms with van der Waals surface area (Å²) in [6.07, 6.45) is 1.46. The third-order valence-electron chi connectivity index (χ3n) is 2.58. The van der Waals surface area contributed by atoms with Crippen LogP contribution in [0.5, 0.6) is 0 Å². The Balaban J connectivity index is 2.23. The first-order valence-corrected chi connectivity index (χ1v) is 7.16. The number of anilines is 1. The predicted octanol–water partition coefficient (Wildman–Crippen LogP) is 3.10. The summed E-state index contributed by atoms with van der Waals surface area (Å²) in [4.78, 5) is 12.8. The number of aryl methyl sites for hydroxylation is 2. The Morgan fingerprint density at radius 1 is 1.26 bits per heavy atom. The molecule has 6 heteroatoms. The molecule has 2 rings (SSSR count). The minimum absolute atomic E-state index is 0.289. The summed E-state index contributed by atoms with van der Waals surface area (Å²) in [6.45, 7) is 6.33. The molecule has 0 fully saturated rings. The van der Waals surface area contributed by atoms with Crippen LogP contribution in [0.15, 0.2) is 5.38 Å². The highest BCUT2D eigenvalue weighted by molar-refractivity contribution is 7.09. The van der Waals surface area contributed by atoms with Crippen molar-refractivity contribution in [2.45, 2.75) is 33.6 Å². The maximum atomic E-state index is 13.8. The van der Waals surface area contributed by atoms with E-state index in [1.807, 2.05) is 19.2 Å². The molecule has 4 nitrogen and oxygen atoms in total. The van der Waals surface area contributed by atoms with Gasteiger partial charge in [0, 0.05) is 17.6 Å². The van der Waals surface area contributed by atoms with Gasteiger partial charge in [-0.2, -0.15) is 0 Å². The fourth-order valence-corrected chi connectivity index (χ4v) is 2.44. The Kier molecular flexibility index (Phi) is 4.42. The highest BCUT2D eigenvalue weighted by atomic mass is 32.1. The fourth-order valence-electron chi connectivity index (χ4n) is 1.68. The van der Waals surface area contributed by atoms with Crippen molar-refractivity contribution in [2.75, 3.05) is 11.9 Å². The van der Waals surface area contributed by atoms with Crippen molar-refractivity contribution in [1.82, 2.24) is 15.0 Å². The first-order valence-electron chi connectivity index (χ1n) is 6.28. The third kappa shape index (κ3) is 3.47. The first-order chi connectivity index (χ1) is 9.10. The minimum atomic E-state index is -0.368. The number of rotatable bonds is 5. The quantitative estimate of drug-likeness (QED) is 0.914. The van der Waals surface area contributed by atoms with E-state index in [0.717, 1.165) is 17.1 Å². The van der Waals surface area contributed by atoms with Crippen LogP contribution in [0.25, 0.3) is 0 Å². The molecule has 0 atom stereocenters. The third-order valence-corrected chi connectivity index (χ3v) is 3.55. The molecule has 0 saturated heterocycles. The number of thiazole rings is 1. The Morgan fingerprint density at radius 3 is 2.68 bits per heavy atom. The Labute approximate surface area is 116 Å². The zero-order valence-corrected chi connectivity index (χ0v) is 12.1. The van der Waals surface area contributed by atoms with Crippen LogP contribution in [0.3, 0.4) is 0 Å². The van der Waals surface area contributed by atoms with E-state index < -0.39 is 0 Å². The van der Waals surface area contributed by atoms with Crippen LogP contribution in [0, 0.1) is 19.7 Å². The van der Waals surface area contributed by atoms with Crippen molar-refractivity contribution in [3.05, 3.63) is 33.4 Å². The highest BCUT2D eigenvalue weighted by Crippen LogP contribution is 2.17. The van der Waals surface area contributed by atoms with Gasteiger partial charge in [0.25, 0.3) is 0 Å². The Hall–Kier alpha value is -1.56. The number of halogens is 1. The second kappa shape index (κ2) is 6.06. The summed E-state index contributed by atoms with van der Waals surface area (Å²) in [6, 6.07) is 0. The minimum Gasteiger partial charge on any atom is -0.368 e. The van der Waals surface area contributed by atoms with Gasteiger partial charge in [0.15, 0.2) is 11.6 Å². The summed E-state index contributed by atoms with van der Waals surface area (Å²) in [5.41, 5.74) is 1.36. The van der Waals surface area contributed by atoms with Gasteiger partial charge >= 0.3 is 0 Å². The van der Waals surface area contributed by atoms with E-state index in [9.17, 15) is 4.39 Å². The van der Waals surface area contributed by atoms with Crippen LogP contribution in [-0.4, -0.2) is 21.5 Å². The average Bonchev–Trinajstić information content (AvgIpc) is 2.77. The number of nitrogens with one attached hydrogen (secondary N) is 1. The molecule has 0 unspecified atom stereocenters. The van der Waals surface area contributed by atoms with Gasteiger partial charge in [0.2, 0.25) is 0 Å². The molecule has 0 aliphatic heterocycles. The maximum Gasteiger partial charge on any atom is 0.186 e. The van der Waals surface area contributed by atoms with Crippen LogP contribution in [0.2, 0.25) is 0 Å². The van der Waals surface area contributed by atoms with Crippen molar-refractivity contribution in [1.29, 1.82) is 0 Å². The van der Waals surface area contributed by atoms with Crippen molar-refractivity contribution in [3.63, 3.8) is 0 Å². The predicted molar refractivity (Wildman–Crippen MR) is 75.2 cm³/mol. The fraction of sp³-hybridized carbons (Fsp3) is 0.462. The lowest BCUT2D eigenvalue weighted by Gasteiger charge is -2.08. The summed E-state index contributed by atoms with van der Waals surface area (Å²) in [7, 11) is 0. The molecule has 0 spiro atoms. The zero-order valence-electron chi connectivity index (χ0n) is 11.3. The van der Waals surface area contributed by atoms with Gasteiger partial charge in [0.05, 0.1) is 12.1 Å². The lowest BCUT2D eigenvalue weighted by molar-refractivity contribution is 0.600. The van der Waals surface area contributed by atoms with Crippen LogP contribution in [0.4, 0.5) is 10.2 Å². The number of hydrogen-bond donors (Lipinski definition) is 1. The van der Waals surface area contributed by atoms with Gasteiger partial charge < -0.3 is 5.32 Å². The molecule has 1 N–H and O–H groups in total. The lowest BCUT2D eigenvalue weighted by atomic mass is 10.3. The SMILES string of the molecule is CCCNc1nc(Cc2nc(C)cs2)nc(C)c1F. The number of aromatic nitrogens is 3. The van der Waals surface area contributed by atoms with Gasteiger partial charge in [-0.3, -0.25) is 0 Å². The van der Waals surface area contributed by atoms with Crippen molar-refractivity contribution >= 4 is 17.2 Å². The molecule has 0 aliphatic carbocycles. The lowest BCUT2D eigenvalue weighted by Crippen LogP contribution is -2.10. The summed E-state index contributed by atoms with van der Waals surface area (Å²) in [5, 5.41) is 5.93. The van der Waals surface area contributed by atoms with E-state index >= 15 is 0 Å². The molecule has 0 aliphatic rings. The molecule has 19 heavy (non-hydrogen) atoms. The first kappa shape index (κ1) is 13.9. The Morgan fingerprint density at radius 2 is 2.05 bits per heavy atom. The monoisotopic (exact) mass is 280 g/mol. The maximum absolute atomic E-state index is 13.8. The molecule has 0 aromatic carbocycles. The normalized spacial score (nSPS) is 10.7. The van der Waals surface area contributed by atoms with E-state index in [1.165, 1.54) is 0 Å². The van der Waals surface area contributed by atoms with E-state index in [1.54, 1.807) is 18.3 Å². The number of nitrogens with zero attached hydrogens (tertiary/aromatic N) is 3. The largest absolute Gasteiger partial charge is 0.368 e. The van der Waals surface area contributed by atoms with E-state index in [0.29, 0.717) is 24.5 Å². The van der Waals surface area contributed by atoms with Gasteiger partial charge in [0.1, 0.15) is 10.8 Å². The van der Waals surface area contributed by atoms with Crippen LogP contribution >= 0.6 is 11.3 Å². The van der Waals surface area contributed by atoms with Crippen LogP contribution in [-0.2, 0) is 6.42 Å². The molecular formula is C13H17FN4S. The molecule has 0 saturated carbocycles. The smallest absolute Gasteiger partial charge is 0.186 e. The van der Waals surface area contributed by atoms with Crippen molar-refractivity contribution < 1.29 is 4.39 Å². The van der Waals surface area contributed by atoms with Gasteiger partial charge in [-0.05, 0) is 20.3 Å². The topological polar surface area (TPSA) is 50.7 Å². The van der Waals surface area contributed by atoms with Gasteiger partial charge in [-0.1, -0.05) is 6.92 Å². The summed E-state index contributed by atoms with van der Waals surface area (Å²) in [5.74, 6) is 0.525. The van der Waals surface area contributed by atoms with Gasteiger partial charge in [-0.15, -0.1) is 11.3 Å². The molecule has 0 bridgehead atoms. The van der Waals surface area contributed by atoms with E-state index in [-0.39, 0.29) is 11.6 Å². The average molecular weight is 280 g/mol. The van der Waals surface area contributed by atoms with Crippen molar-refractivity contribution in [2.24, 2.45) is 0 Å². The Bertz CT molecular complexity index is 568. The molecule has 0 radical (unpaired) electrons. The van der Waals surface area contributed by atoms with E-state index in [2.05, 4.69) is 20.3 Å². The van der Waals surface area contributed by atoms with Gasteiger partial charge in [-0.25, -0.2) is 19.3 Å². The second-order valence-corrected chi connectivity index (χ2v) is 5.32. The van der Waals surface area contributed by atoms with Crippen molar-refractivity contribution in [3.8, 4) is 0 Å². The molecule has 102 valence electrons. The zero-order chi connectivity index (χ0) is 13.8. The summed E-state index contributed by atoms with van der Waals surface area (Å²) < 4.78 is 13.8. The van der Waals surface area contributed by atoms with Crippen LogP contribution in [0.1, 0.15) is 35.6 Å². The molecule has 2 aromatic rings.